The summed E-state index contributed by atoms with van der Waals surface area (Å²) in [6.07, 6.45) is 0. The zero-order valence-electron chi connectivity index (χ0n) is 23.1. The predicted octanol–water partition coefficient (Wildman–Crippen LogP) is 8.46. The molecule has 1 heterocycles. The van der Waals surface area contributed by atoms with Crippen molar-refractivity contribution in [1.82, 2.24) is 0 Å². The van der Waals surface area contributed by atoms with Crippen LogP contribution in [-0.4, -0.2) is 14.1 Å². The normalized spacial score (nSPS) is 13.2. The van der Waals surface area contributed by atoms with Gasteiger partial charge in [-0.2, -0.15) is 0 Å². The molecule has 0 saturated heterocycles. The van der Waals surface area contributed by atoms with Crippen molar-refractivity contribution in [3.05, 3.63) is 105 Å². The molecule has 5 rings (SSSR count). The minimum absolute atomic E-state index is 0.860. The highest BCUT2D eigenvalue weighted by atomic mass is 15.1. The van der Waals surface area contributed by atoms with Gasteiger partial charge < -0.3 is 9.80 Å². The van der Waals surface area contributed by atoms with Crippen LogP contribution in [0.15, 0.2) is 60.7 Å². The Morgan fingerprint density at radius 3 is 1.19 bits per heavy atom. The lowest BCUT2D eigenvalue weighted by Gasteiger charge is -2.28. The fraction of sp³-hybridized carbons (Fsp3) is 0.294. The number of fused-ring (bicyclic) bond motifs is 8. The van der Waals surface area contributed by atoms with Gasteiger partial charge in [-0.3, -0.25) is 0 Å². The second-order valence-electron chi connectivity index (χ2n) is 11.0. The molecule has 0 aromatic heterocycles. The van der Waals surface area contributed by atoms with Crippen molar-refractivity contribution >= 4 is 11.4 Å². The summed E-state index contributed by atoms with van der Waals surface area (Å²) in [5, 5.41) is 0. The first-order chi connectivity index (χ1) is 17.1. The molecule has 0 unspecified atom stereocenters. The number of nitrogens with zero attached hydrogens (tertiary/aromatic N) is 2. The van der Waals surface area contributed by atoms with Gasteiger partial charge in [-0.05, 0) is 122 Å². The predicted molar refractivity (Wildman–Crippen MR) is 156 cm³/mol. The first-order valence-corrected chi connectivity index (χ1v) is 13.0. The van der Waals surface area contributed by atoms with E-state index in [1.807, 2.05) is 0 Å². The summed E-state index contributed by atoms with van der Waals surface area (Å²) in [4.78, 5) is 4.84. The third-order valence-corrected chi connectivity index (χ3v) is 7.78. The van der Waals surface area contributed by atoms with Crippen molar-refractivity contribution in [2.45, 2.75) is 54.6 Å². The van der Waals surface area contributed by atoms with Gasteiger partial charge in [-0.15, -0.1) is 0 Å². The lowest BCUT2D eigenvalue weighted by molar-refractivity contribution is 0.914. The maximum atomic E-state index is 2.42. The van der Waals surface area contributed by atoms with Gasteiger partial charge in [0.1, 0.15) is 0 Å². The first kappa shape index (κ1) is 24.2. The molecule has 0 atom stereocenters. The molecule has 1 aliphatic heterocycles. The number of rotatable bonds is 0. The van der Waals surface area contributed by atoms with E-state index in [4.69, 9.17) is 0 Å². The van der Waals surface area contributed by atoms with Gasteiger partial charge in [-0.25, -0.2) is 0 Å². The summed E-state index contributed by atoms with van der Waals surface area (Å²) >= 11 is 0. The van der Waals surface area contributed by atoms with Crippen LogP contribution in [0.25, 0.3) is 22.3 Å². The van der Waals surface area contributed by atoms with E-state index in [1.54, 1.807) is 0 Å². The fourth-order valence-corrected chi connectivity index (χ4v) is 5.63. The molecule has 0 spiro atoms. The highest BCUT2D eigenvalue weighted by molar-refractivity contribution is 5.83. The third kappa shape index (κ3) is 4.53. The van der Waals surface area contributed by atoms with Crippen LogP contribution in [0.5, 0.6) is 0 Å². The Morgan fingerprint density at radius 1 is 0.444 bits per heavy atom. The molecule has 0 amide bonds. The van der Waals surface area contributed by atoms with E-state index in [-0.39, 0.29) is 0 Å². The summed E-state index contributed by atoms with van der Waals surface area (Å²) < 4.78 is 0. The molecule has 1 aliphatic rings. The number of benzene rings is 4. The summed E-state index contributed by atoms with van der Waals surface area (Å²) in [5.41, 5.74) is 18.4. The molecule has 4 aromatic carbocycles. The number of hydrogen-bond donors (Lipinski definition) is 0. The Labute approximate surface area is 217 Å². The molecule has 0 fully saturated rings. The van der Waals surface area contributed by atoms with Crippen molar-refractivity contribution in [2.24, 2.45) is 0 Å². The first-order valence-electron chi connectivity index (χ1n) is 13.0. The van der Waals surface area contributed by atoms with E-state index in [9.17, 15) is 0 Å². The van der Waals surface area contributed by atoms with Gasteiger partial charge in [0, 0.05) is 49.7 Å². The molecular formula is C34H38N2. The molecule has 2 nitrogen and oxygen atoms in total. The Balaban J connectivity index is 1.79. The monoisotopic (exact) mass is 474 g/mol. The van der Waals surface area contributed by atoms with Crippen molar-refractivity contribution in [2.75, 3.05) is 23.9 Å². The second kappa shape index (κ2) is 9.17. The number of anilines is 2. The highest BCUT2D eigenvalue weighted by Crippen LogP contribution is 2.38. The summed E-state index contributed by atoms with van der Waals surface area (Å²) in [6.45, 7) is 15.0. The van der Waals surface area contributed by atoms with Crippen LogP contribution in [0, 0.1) is 41.5 Å². The minimum Gasteiger partial charge on any atom is -0.370 e. The topological polar surface area (TPSA) is 6.48 Å². The van der Waals surface area contributed by atoms with E-state index in [1.165, 1.54) is 78.1 Å². The van der Waals surface area contributed by atoms with Crippen LogP contribution < -0.4 is 9.80 Å². The SMILES string of the molecule is Cc1cc2cc(c1)-c1cc(C)c(C)cc1N(C)Cc1cc(C)cc(c1)-c1cc(C)c(C)cc1N(C)C2. The van der Waals surface area contributed by atoms with Crippen LogP contribution in [0.1, 0.15) is 44.5 Å². The quantitative estimate of drug-likeness (QED) is 0.252. The Bertz CT molecular complexity index is 1360. The van der Waals surface area contributed by atoms with Crippen molar-refractivity contribution in [1.29, 1.82) is 0 Å². The third-order valence-electron chi connectivity index (χ3n) is 7.78. The zero-order valence-corrected chi connectivity index (χ0v) is 23.1. The minimum atomic E-state index is 0.860. The molecule has 4 bridgehead atoms. The average Bonchev–Trinajstić information content (AvgIpc) is 2.80. The fourth-order valence-electron chi connectivity index (χ4n) is 5.63. The maximum Gasteiger partial charge on any atom is 0.0449 e. The lowest BCUT2D eigenvalue weighted by atomic mass is 9.92. The van der Waals surface area contributed by atoms with Gasteiger partial charge in [0.15, 0.2) is 0 Å². The van der Waals surface area contributed by atoms with Gasteiger partial charge in [0.05, 0.1) is 0 Å². The van der Waals surface area contributed by atoms with Crippen LogP contribution in [-0.2, 0) is 13.1 Å². The van der Waals surface area contributed by atoms with Crippen molar-refractivity contribution < 1.29 is 0 Å². The standard InChI is InChI=1S/C34H38N2/c1-21-9-27-17-29(11-21)31-13-23(3)25(5)15-33(31)36(8)20-28-10-22(2)12-30(18-28)32-14-24(4)26(6)16-34(32)35(7)19-27/h9-18H,19-20H2,1-8H3. The zero-order chi connectivity index (χ0) is 25.7. The largest absolute Gasteiger partial charge is 0.370 e. The van der Waals surface area contributed by atoms with Crippen LogP contribution in [0.3, 0.4) is 0 Å². The maximum absolute atomic E-state index is 2.42. The van der Waals surface area contributed by atoms with E-state index < -0.39 is 0 Å². The smallest absolute Gasteiger partial charge is 0.0449 e. The highest BCUT2D eigenvalue weighted by Gasteiger charge is 2.18. The summed E-state index contributed by atoms with van der Waals surface area (Å²) in [5.74, 6) is 0. The van der Waals surface area contributed by atoms with Gasteiger partial charge in [-0.1, -0.05) is 35.4 Å². The molecule has 36 heavy (non-hydrogen) atoms. The number of hydrogen-bond acceptors (Lipinski definition) is 2. The van der Waals surface area contributed by atoms with Crippen LogP contribution >= 0.6 is 0 Å². The van der Waals surface area contributed by atoms with Crippen LogP contribution in [0.2, 0.25) is 0 Å². The van der Waals surface area contributed by atoms with Gasteiger partial charge in [0.2, 0.25) is 0 Å². The Kier molecular flexibility index (Phi) is 6.16. The van der Waals surface area contributed by atoms with Crippen molar-refractivity contribution in [3.63, 3.8) is 0 Å². The number of aryl methyl sites for hydroxylation is 6. The second-order valence-corrected chi connectivity index (χ2v) is 11.0. The summed E-state index contributed by atoms with van der Waals surface area (Å²) in [7, 11) is 4.46. The molecule has 0 N–H and O–H groups in total. The van der Waals surface area contributed by atoms with E-state index in [2.05, 4.69) is 126 Å². The molecule has 0 saturated carbocycles. The molecule has 4 aromatic rings. The van der Waals surface area contributed by atoms with Crippen LogP contribution in [0.4, 0.5) is 11.4 Å². The molecular weight excluding hydrogens is 436 g/mol. The summed E-state index contributed by atoms with van der Waals surface area (Å²) in [6, 6.07) is 23.6. The van der Waals surface area contributed by atoms with Gasteiger partial charge in [0.25, 0.3) is 0 Å². The van der Waals surface area contributed by atoms with E-state index in [0.29, 0.717) is 0 Å². The van der Waals surface area contributed by atoms with E-state index in [0.717, 1.165) is 13.1 Å². The lowest BCUT2D eigenvalue weighted by Crippen LogP contribution is -2.19. The molecule has 0 aliphatic carbocycles. The van der Waals surface area contributed by atoms with E-state index >= 15 is 0 Å². The molecule has 0 radical (unpaired) electrons. The average molecular weight is 475 g/mol. The Hall–Kier alpha value is -3.52. The Morgan fingerprint density at radius 2 is 0.806 bits per heavy atom. The molecule has 2 heteroatoms. The van der Waals surface area contributed by atoms with Gasteiger partial charge >= 0.3 is 0 Å². The van der Waals surface area contributed by atoms with Crippen molar-refractivity contribution in [3.8, 4) is 22.3 Å². The molecule has 184 valence electrons.